The van der Waals surface area contributed by atoms with Crippen molar-refractivity contribution in [2.45, 2.75) is 25.4 Å². The zero-order valence-electron chi connectivity index (χ0n) is 9.91. The van der Waals surface area contributed by atoms with Gasteiger partial charge in [0, 0.05) is 32.1 Å². The first-order valence-electron chi connectivity index (χ1n) is 6.14. The van der Waals surface area contributed by atoms with E-state index in [1.165, 1.54) is 4.90 Å². The smallest absolute Gasteiger partial charge is 0.325 e. The van der Waals surface area contributed by atoms with Crippen LogP contribution in [0.1, 0.15) is 31.3 Å². The van der Waals surface area contributed by atoms with Gasteiger partial charge in [0.15, 0.2) is 0 Å². The zero-order valence-corrected chi connectivity index (χ0v) is 9.91. The number of carbonyl (C=O) groups is 1. The molecule has 2 aliphatic rings. The molecule has 0 radical (unpaired) electrons. The number of nitrogens with zero attached hydrogens (tertiary/aromatic N) is 3. The van der Waals surface area contributed by atoms with Crippen LogP contribution in [0.15, 0.2) is 4.42 Å². The molecular formula is C11H15N3O4. The van der Waals surface area contributed by atoms with Crippen molar-refractivity contribution < 1.29 is 19.1 Å². The van der Waals surface area contributed by atoms with Crippen molar-refractivity contribution in [1.29, 1.82) is 0 Å². The van der Waals surface area contributed by atoms with Crippen LogP contribution < -0.4 is 4.90 Å². The molecule has 98 valence electrons. The number of aromatic nitrogens is 2. The second kappa shape index (κ2) is 4.66. The summed E-state index contributed by atoms with van der Waals surface area (Å²) in [5, 5.41) is 16.9. The van der Waals surface area contributed by atoms with Crippen molar-refractivity contribution in [3.8, 4) is 0 Å². The van der Waals surface area contributed by atoms with Gasteiger partial charge < -0.3 is 14.3 Å². The first-order valence-corrected chi connectivity index (χ1v) is 6.14. The molecule has 0 bridgehead atoms. The normalized spacial score (nSPS) is 28.3. The highest BCUT2D eigenvalue weighted by Gasteiger charge is 2.34. The van der Waals surface area contributed by atoms with Gasteiger partial charge in [-0.15, -0.1) is 5.10 Å². The summed E-state index contributed by atoms with van der Waals surface area (Å²) in [6.07, 6.45) is 2.04. The maximum Gasteiger partial charge on any atom is 0.325 e. The summed E-state index contributed by atoms with van der Waals surface area (Å²) in [5.74, 6) is 0.301. The van der Waals surface area contributed by atoms with Crippen LogP contribution in [0, 0.1) is 5.92 Å². The van der Waals surface area contributed by atoms with Crippen molar-refractivity contribution in [2.75, 3.05) is 24.7 Å². The minimum atomic E-state index is -0.141. The predicted molar refractivity (Wildman–Crippen MR) is 59.8 cm³/mol. The predicted octanol–water partition coefficient (Wildman–Crippen LogP) is 0.266. The van der Waals surface area contributed by atoms with Crippen LogP contribution in [0.5, 0.6) is 0 Å². The van der Waals surface area contributed by atoms with Crippen molar-refractivity contribution in [2.24, 2.45) is 5.92 Å². The zero-order chi connectivity index (χ0) is 12.5. The minimum Gasteiger partial charge on any atom is -0.405 e. The van der Waals surface area contributed by atoms with E-state index in [1.54, 1.807) is 0 Å². The van der Waals surface area contributed by atoms with Crippen LogP contribution in [-0.2, 0) is 9.53 Å². The molecule has 1 N–H and O–H groups in total. The number of aliphatic hydroxyl groups excluding tert-OH is 1. The lowest BCUT2D eigenvalue weighted by Crippen LogP contribution is -2.25. The van der Waals surface area contributed by atoms with E-state index in [0.29, 0.717) is 25.5 Å². The van der Waals surface area contributed by atoms with Crippen molar-refractivity contribution in [3.05, 3.63) is 5.89 Å². The number of hydrogen-bond acceptors (Lipinski definition) is 6. The Balaban J connectivity index is 1.74. The highest BCUT2D eigenvalue weighted by molar-refractivity contribution is 5.93. The van der Waals surface area contributed by atoms with Crippen LogP contribution in [0.25, 0.3) is 0 Å². The number of hydrogen-bond donors (Lipinski definition) is 1. The van der Waals surface area contributed by atoms with E-state index in [9.17, 15) is 4.79 Å². The first kappa shape index (κ1) is 11.6. The lowest BCUT2D eigenvalue weighted by Gasteiger charge is -2.10. The Morgan fingerprint density at radius 1 is 1.44 bits per heavy atom. The van der Waals surface area contributed by atoms with E-state index >= 15 is 0 Å². The van der Waals surface area contributed by atoms with Gasteiger partial charge in [-0.2, -0.15) is 0 Å². The molecule has 18 heavy (non-hydrogen) atoms. The number of aliphatic hydroxyl groups is 1. The van der Waals surface area contributed by atoms with Crippen LogP contribution in [0.2, 0.25) is 0 Å². The first-order chi connectivity index (χ1) is 8.78. The summed E-state index contributed by atoms with van der Waals surface area (Å²) >= 11 is 0. The number of amides is 1. The van der Waals surface area contributed by atoms with Gasteiger partial charge >= 0.3 is 6.01 Å². The molecule has 2 aliphatic heterocycles. The number of carbonyl (C=O) groups excluding carboxylic acids is 1. The molecule has 0 saturated carbocycles. The molecule has 3 heterocycles. The number of anilines is 1. The van der Waals surface area contributed by atoms with E-state index in [1.807, 2.05) is 0 Å². The van der Waals surface area contributed by atoms with E-state index in [0.717, 1.165) is 12.8 Å². The molecule has 0 aliphatic carbocycles. The average molecular weight is 253 g/mol. The van der Waals surface area contributed by atoms with Gasteiger partial charge in [0.2, 0.25) is 11.8 Å². The molecule has 1 aromatic heterocycles. The monoisotopic (exact) mass is 253 g/mol. The Morgan fingerprint density at radius 2 is 2.33 bits per heavy atom. The molecule has 2 saturated heterocycles. The minimum absolute atomic E-state index is 0.00499. The molecule has 7 heteroatoms. The third kappa shape index (κ3) is 1.99. The summed E-state index contributed by atoms with van der Waals surface area (Å²) in [5.41, 5.74) is 0. The van der Waals surface area contributed by atoms with Gasteiger partial charge in [0.25, 0.3) is 0 Å². The SMILES string of the molecule is O=C1CC(CO)CN1c1nnc(C2CCCO2)o1. The summed E-state index contributed by atoms with van der Waals surface area (Å²) in [6.45, 7) is 1.13. The molecule has 0 aromatic carbocycles. The Hall–Kier alpha value is -1.47. The summed E-state index contributed by atoms with van der Waals surface area (Å²) in [7, 11) is 0. The average Bonchev–Trinajstić information content (AvgIpc) is 3.08. The molecule has 2 atom stereocenters. The van der Waals surface area contributed by atoms with E-state index in [4.69, 9.17) is 14.3 Å². The van der Waals surface area contributed by atoms with Crippen molar-refractivity contribution in [1.82, 2.24) is 10.2 Å². The molecule has 1 amide bonds. The van der Waals surface area contributed by atoms with Crippen molar-refractivity contribution >= 4 is 11.9 Å². The highest BCUT2D eigenvalue weighted by Crippen LogP contribution is 2.30. The highest BCUT2D eigenvalue weighted by atomic mass is 16.5. The van der Waals surface area contributed by atoms with E-state index in [-0.39, 0.29) is 30.6 Å². The fraction of sp³-hybridized carbons (Fsp3) is 0.727. The largest absolute Gasteiger partial charge is 0.405 e. The maximum atomic E-state index is 11.7. The third-order valence-corrected chi connectivity index (χ3v) is 3.33. The molecule has 2 unspecified atom stereocenters. The topological polar surface area (TPSA) is 88.7 Å². The number of ether oxygens (including phenoxy) is 1. The van der Waals surface area contributed by atoms with Gasteiger partial charge in [-0.25, -0.2) is 0 Å². The van der Waals surface area contributed by atoms with E-state index < -0.39 is 0 Å². The van der Waals surface area contributed by atoms with Gasteiger partial charge in [-0.05, 0) is 12.8 Å². The lowest BCUT2D eigenvalue weighted by molar-refractivity contribution is -0.117. The van der Waals surface area contributed by atoms with Crippen LogP contribution >= 0.6 is 0 Å². The Labute approximate surface area is 104 Å². The summed E-state index contributed by atoms with van der Waals surface area (Å²) < 4.78 is 10.9. The fourth-order valence-electron chi connectivity index (χ4n) is 2.33. The Morgan fingerprint density at radius 3 is 3.00 bits per heavy atom. The Kier molecular flexibility index (Phi) is 3.00. The fourth-order valence-corrected chi connectivity index (χ4v) is 2.33. The van der Waals surface area contributed by atoms with Gasteiger partial charge in [-0.1, -0.05) is 5.10 Å². The molecule has 0 spiro atoms. The molecule has 1 aromatic rings. The molecule has 3 rings (SSSR count). The lowest BCUT2D eigenvalue weighted by atomic mass is 10.1. The molecular weight excluding hydrogens is 238 g/mol. The quantitative estimate of drug-likeness (QED) is 0.831. The third-order valence-electron chi connectivity index (χ3n) is 3.33. The standard InChI is InChI=1S/C11H15N3O4/c15-6-7-4-9(16)14(5-7)11-13-12-10(18-11)8-2-1-3-17-8/h7-8,15H,1-6H2. The van der Waals surface area contributed by atoms with Gasteiger partial charge in [0.1, 0.15) is 6.10 Å². The maximum absolute atomic E-state index is 11.7. The van der Waals surface area contributed by atoms with Crippen molar-refractivity contribution in [3.63, 3.8) is 0 Å². The van der Waals surface area contributed by atoms with E-state index in [2.05, 4.69) is 10.2 Å². The van der Waals surface area contributed by atoms with Gasteiger partial charge in [-0.3, -0.25) is 9.69 Å². The summed E-state index contributed by atoms with van der Waals surface area (Å²) in [6, 6.07) is 0.210. The van der Waals surface area contributed by atoms with Crippen LogP contribution in [0.4, 0.5) is 6.01 Å². The van der Waals surface area contributed by atoms with Gasteiger partial charge in [0.05, 0.1) is 0 Å². The second-order valence-corrected chi connectivity index (χ2v) is 4.68. The van der Waals surface area contributed by atoms with Crippen LogP contribution in [-0.4, -0.2) is 41.0 Å². The summed E-state index contributed by atoms with van der Waals surface area (Å²) in [4.78, 5) is 13.2. The second-order valence-electron chi connectivity index (χ2n) is 4.68. The molecule has 7 nitrogen and oxygen atoms in total. The Bertz CT molecular complexity index is 441. The number of rotatable bonds is 3. The molecule has 2 fully saturated rings. The van der Waals surface area contributed by atoms with Crippen LogP contribution in [0.3, 0.4) is 0 Å².